The Balaban J connectivity index is 1.09. The van der Waals surface area contributed by atoms with Crippen LogP contribution in [0.5, 0.6) is 0 Å². The molecule has 3 aliphatic rings. The molecular weight excluding hydrogens is 691 g/mol. The van der Waals surface area contributed by atoms with E-state index in [1.54, 1.807) is 0 Å². The van der Waals surface area contributed by atoms with Crippen LogP contribution in [0.25, 0.3) is 27.8 Å². The summed E-state index contributed by atoms with van der Waals surface area (Å²) in [6.07, 6.45) is 7.14. The second kappa shape index (κ2) is 13.6. The van der Waals surface area contributed by atoms with Crippen LogP contribution >= 0.6 is 0 Å². The highest BCUT2D eigenvalue weighted by molar-refractivity contribution is 5.97. The number of nitrogens with one attached hydrogen (secondary N) is 2. The average molecular weight is 738 g/mol. The van der Waals surface area contributed by atoms with Gasteiger partial charge >= 0.3 is 0 Å². The summed E-state index contributed by atoms with van der Waals surface area (Å²) in [6.45, 7) is 9.52. The number of para-hydroxylation sites is 2. The van der Waals surface area contributed by atoms with E-state index < -0.39 is 0 Å². The molecule has 0 radical (unpaired) electrons. The van der Waals surface area contributed by atoms with Crippen molar-refractivity contribution in [3.8, 4) is 22.3 Å². The number of hydrogen-bond donors (Lipinski definition) is 2. The number of hydrogen-bond acceptors (Lipinski definition) is 3. The number of anilines is 7. The van der Waals surface area contributed by atoms with Crippen LogP contribution in [0.3, 0.4) is 0 Å². The molecule has 7 aromatic carbocycles. The Morgan fingerprint density at radius 1 is 0.456 bits per heavy atom. The highest BCUT2D eigenvalue weighted by Crippen LogP contribution is 2.56. The first-order valence-corrected chi connectivity index (χ1v) is 20.3. The summed E-state index contributed by atoms with van der Waals surface area (Å²) in [5.41, 5.74) is 20.8. The zero-order chi connectivity index (χ0) is 38.7. The van der Waals surface area contributed by atoms with Gasteiger partial charge in [-0.25, -0.2) is 0 Å². The molecule has 0 saturated heterocycles. The predicted octanol–water partition coefficient (Wildman–Crippen LogP) is 15.0. The van der Waals surface area contributed by atoms with Crippen molar-refractivity contribution in [3.63, 3.8) is 0 Å². The van der Waals surface area contributed by atoms with E-state index in [0.717, 1.165) is 52.4 Å². The molecule has 0 bridgehead atoms. The summed E-state index contributed by atoms with van der Waals surface area (Å²) in [5.74, 6) is 0. The zero-order valence-corrected chi connectivity index (χ0v) is 33.1. The molecule has 3 nitrogen and oxygen atoms in total. The van der Waals surface area contributed by atoms with Gasteiger partial charge in [0.1, 0.15) is 0 Å². The van der Waals surface area contributed by atoms with E-state index >= 15 is 0 Å². The van der Waals surface area contributed by atoms with Crippen LogP contribution < -0.4 is 15.5 Å². The molecule has 0 saturated carbocycles. The molecule has 0 spiro atoms. The van der Waals surface area contributed by atoms with E-state index in [2.05, 4.69) is 207 Å². The summed E-state index contributed by atoms with van der Waals surface area (Å²) in [7, 11) is 0. The minimum Gasteiger partial charge on any atom is -0.354 e. The zero-order valence-electron chi connectivity index (χ0n) is 33.1. The molecule has 0 heterocycles. The van der Waals surface area contributed by atoms with Gasteiger partial charge in [0.25, 0.3) is 0 Å². The molecule has 0 atom stereocenters. The first-order chi connectivity index (χ1) is 27.8. The van der Waals surface area contributed by atoms with Crippen molar-refractivity contribution in [3.05, 3.63) is 204 Å². The Bertz CT molecular complexity index is 2720. The van der Waals surface area contributed by atoms with E-state index in [1.165, 1.54) is 55.9 Å². The van der Waals surface area contributed by atoms with Crippen LogP contribution in [0.1, 0.15) is 62.8 Å². The SMILES string of the molecule is CC1(C)C2=CCCC=C2c2ccc(N(c3ccc(-c4ccc(Nc5ccccc5)c(Nc5ccccc5)c4)cc3)c3cccc4c3-c3ccccc3C4(C)C)cc21. The molecule has 0 aromatic heterocycles. The summed E-state index contributed by atoms with van der Waals surface area (Å²) in [6, 6.07) is 59.5. The molecule has 3 heteroatoms. The lowest BCUT2D eigenvalue weighted by Gasteiger charge is -2.30. The van der Waals surface area contributed by atoms with Gasteiger partial charge in [0, 0.05) is 39.1 Å². The van der Waals surface area contributed by atoms with Crippen molar-refractivity contribution < 1.29 is 0 Å². The molecule has 0 aliphatic heterocycles. The molecular formula is C54H47N3. The number of rotatable bonds is 8. The lowest BCUT2D eigenvalue weighted by Crippen LogP contribution is -2.18. The van der Waals surface area contributed by atoms with Crippen molar-refractivity contribution in [1.82, 2.24) is 0 Å². The molecule has 0 amide bonds. The van der Waals surface area contributed by atoms with E-state index in [1.807, 2.05) is 12.1 Å². The highest BCUT2D eigenvalue weighted by Gasteiger charge is 2.40. The van der Waals surface area contributed by atoms with Crippen LogP contribution in [0.4, 0.5) is 39.8 Å². The molecule has 57 heavy (non-hydrogen) atoms. The van der Waals surface area contributed by atoms with Gasteiger partial charge in [0.15, 0.2) is 0 Å². The highest BCUT2D eigenvalue weighted by atomic mass is 15.1. The Morgan fingerprint density at radius 2 is 1.09 bits per heavy atom. The van der Waals surface area contributed by atoms with Gasteiger partial charge in [-0.3, -0.25) is 0 Å². The molecule has 7 aromatic rings. The third-order valence-corrected chi connectivity index (χ3v) is 12.5. The second-order valence-corrected chi connectivity index (χ2v) is 16.7. The summed E-state index contributed by atoms with van der Waals surface area (Å²) < 4.78 is 0. The van der Waals surface area contributed by atoms with Gasteiger partial charge in [-0.1, -0.05) is 137 Å². The van der Waals surface area contributed by atoms with Crippen LogP contribution in [-0.2, 0) is 10.8 Å². The van der Waals surface area contributed by atoms with E-state index in [-0.39, 0.29) is 10.8 Å². The molecule has 2 N–H and O–H groups in total. The minimum absolute atomic E-state index is 0.0621. The number of allylic oxidation sites excluding steroid dienone is 4. The molecule has 10 rings (SSSR count). The molecule has 278 valence electrons. The number of nitrogens with zero attached hydrogens (tertiary/aromatic N) is 1. The smallest absolute Gasteiger partial charge is 0.0629 e. The van der Waals surface area contributed by atoms with Crippen LogP contribution in [0.15, 0.2) is 182 Å². The predicted molar refractivity (Wildman–Crippen MR) is 242 cm³/mol. The summed E-state index contributed by atoms with van der Waals surface area (Å²) in [5, 5.41) is 7.31. The first kappa shape index (κ1) is 34.9. The van der Waals surface area contributed by atoms with Gasteiger partial charge in [-0.05, 0) is 130 Å². The monoisotopic (exact) mass is 737 g/mol. The van der Waals surface area contributed by atoms with Crippen molar-refractivity contribution >= 4 is 45.4 Å². The van der Waals surface area contributed by atoms with Crippen molar-refractivity contribution in [2.45, 2.75) is 51.4 Å². The van der Waals surface area contributed by atoms with E-state index in [9.17, 15) is 0 Å². The Kier molecular flexibility index (Phi) is 8.30. The van der Waals surface area contributed by atoms with Crippen LogP contribution in [0.2, 0.25) is 0 Å². The maximum absolute atomic E-state index is 3.68. The fourth-order valence-electron chi connectivity index (χ4n) is 9.53. The lowest BCUT2D eigenvalue weighted by atomic mass is 9.80. The second-order valence-electron chi connectivity index (χ2n) is 16.7. The molecule has 0 unspecified atom stereocenters. The van der Waals surface area contributed by atoms with E-state index in [4.69, 9.17) is 0 Å². The van der Waals surface area contributed by atoms with E-state index in [0.29, 0.717) is 0 Å². The first-order valence-electron chi connectivity index (χ1n) is 20.3. The third kappa shape index (κ3) is 5.88. The van der Waals surface area contributed by atoms with Gasteiger partial charge < -0.3 is 15.5 Å². The van der Waals surface area contributed by atoms with Crippen molar-refractivity contribution in [2.75, 3.05) is 15.5 Å². The summed E-state index contributed by atoms with van der Waals surface area (Å²) in [4.78, 5) is 2.50. The maximum atomic E-state index is 3.68. The van der Waals surface area contributed by atoms with Gasteiger partial charge in [-0.15, -0.1) is 0 Å². The standard InChI is InChI=1S/C54H47N3/c1-53(2)46-23-14-12-21-44(46)52-47(53)24-15-25-51(52)57(41-31-32-43-42-20-11-13-22-45(42)54(3,4)48(43)35-41)40-29-26-36(27-30-40)37-28-33-49(55-38-16-7-5-8-17-38)50(34-37)56-39-18-9-6-10-19-39/h5-10,12,14-35,55-56H,11,13H2,1-4H3. The fraction of sp³-hybridized carbons (Fsp3) is 0.148. The normalized spacial score (nSPS) is 15.4. The van der Waals surface area contributed by atoms with Crippen LogP contribution in [0, 0.1) is 0 Å². The number of fused-ring (bicyclic) bond motifs is 6. The Morgan fingerprint density at radius 3 is 1.84 bits per heavy atom. The van der Waals surface area contributed by atoms with Gasteiger partial charge in [-0.2, -0.15) is 0 Å². The quantitative estimate of drug-likeness (QED) is 0.163. The Hall–Kier alpha value is -6.58. The molecule has 3 aliphatic carbocycles. The number of benzene rings is 7. The average Bonchev–Trinajstić information content (AvgIpc) is 3.62. The largest absolute Gasteiger partial charge is 0.354 e. The fourth-order valence-corrected chi connectivity index (χ4v) is 9.53. The Labute approximate surface area is 337 Å². The van der Waals surface area contributed by atoms with Crippen molar-refractivity contribution in [2.24, 2.45) is 0 Å². The minimum atomic E-state index is -0.0982. The van der Waals surface area contributed by atoms with Crippen molar-refractivity contribution in [1.29, 1.82) is 0 Å². The third-order valence-electron chi connectivity index (χ3n) is 12.5. The van der Waals surface area contributed by atoms with Gasteiger partial charge in [0.2, 0.25) is 0 Å². The van der Waals surface area contributed by atoms with Gasteiger partial charge in [0.05, 0.1) is 17.1 Å². The lowest BCUT2D eigenvalue weighted by molar-refractivity contribution is 0.654. The topological polar surface area (TPSA) is 27.3 Å². The summed E-state index contributed by atoms with van der Waals surface area (Å²) >= 11 is 0. The molecule has 0 fully saturated rings. The van der Waals surface area contributed by atoms with Crippen LogP contribution in [-0.4, -0.2) is 0 Å². The maximum Gasteiger partial charge on any atom is 0.0629 e.